The number of amides is 1. The molecule has 1 aliphatic heterocycles. The topological polar surface area (TPSA) is 29.5 Å². The molecule has 92 valence electrons. The van der Waals surface area contributed by atoms with Crippen molar-refractivity contribution < 1.29 is 9.53 Å². The first-order valence-electron chi connectivity index (χ1n) is 6.16. The van der Waals surface area contributed by atoms with Crippen molar-refractivity contribution in [1.29, 1.82) is 0 Å². The van der Waals surface area contributed by atoms with Gasteiger partial charge >= 0.3 is 0 Å². The fourth-order valence-electron chi connectivity index (χ4n) is 2.68. The van der Waals surface area contributed by atoms with Crippen molar-refractivity contribution in [3.63, 3.8) is 0 Å². The van der Waals surface area contributed by atoms with Gasteiger partial charge in [-0.05, 0) is 32.1 Å². The number of nitrogens with zero attached hydrogens (tertiary/aromatic N) is 1. The first-order valence-corrected chi connectivity index (χ1v) is 7.41. The summed E-state index contributed by atoms with van der Waals surface area (Å²) in [6, 6.07) is 0. The molecule has 1 heterocycles. The monoisotopic (exact) mass is 337 g/mol. The Bertz CT molecular complexity index is 247. The van der Waals surface area contributed by atoms with E-state index in [1.165, 1.54) is 12.8 Å². The molecule has 1 saturated heterocycles. The quantitative estimate of drug-likeness (QED) is 0.571. The van der Waals surface area contributed by atoms with Gasteiger partial charge in [0.15, 0.2) is 0 Å². The first-order chi connectivity index (χ1) is 7.70. The van der Waals surface area contributed by atoms with Crippen LogP contribution in [0.25, 0.3) is 0 Å². The molecule has 0 radical (unpaired) electrons. The third-order valence-electron chi connectivity index (χ3n) is 3.80. The SMILES string of the molecule is CO[C@@H]1CCN(C(=O)C2CCC(I)CC2)C1. The van der Waals surface area contributed by atoms with E-state index in [9.17, 15) is 4.79 Å². The van der Waals surface area contributed by atoms with Crippen LogP contribution in [0.15, 0.2) is 0 Å². The molecule has 0 aromatic carbocycles. The standard InChI is InChI=1S/C12H20INO2/c1-16-11-6-7-14(8-11)12(15)9-2-4-10(13)5-3-9/h9-11H,2-8H2,1H3/t9?,10?,11-/m1/s1. The van der Waals surface area contributed by atoms with E-state index in [1.807, 2.05) is 4.90 Å². The van der Waals surface area contributed by atoms with Crippen LogP contribution in [0.3, 0.4) is 0 Å². The van der Waals surface area contributed by atoms with E-state index in [4.69, 9.17) is 4.74 Å². The second-order valence-corrected chi connectivity index (χ2v) is 6.64. The second kappa shape index (κ2) is 5.67. The highest BCUT2D eigenvalue weighted by Gasteiger charge is 2.32. The normalized spacial score (nSPS) is 35.4. The lowest BCUT2D eigenvalue weighted by Gasteiger charge is -2.28. The third-order valence-corrected chi connectivity index (χ3v) is 5.04. The molecule has 2 fully saturated rings. The number of ether oxygens (including phenoxy) is 1. The van der Waals surface area contributed by atoms with Gasteiger partial charge in [-0.15, -0.1) is 0 Å². The lowest BCUT2D eigenvalue weighted by molar-refractivity contribution is -0.135. The highest BCUT2D eigenvalue weighted by molar-refractivity contribution is 14.1. The van der Waals surface area contributed by atoms with Crippen LogP contribution >= 0.6 is 22.6 Å². The van der Waals surface area contributed by atoms with Gasteiger partial charge < -0.3 is 9.64 Å². The lowest BCUT2D eigenvalue weighted by Crippen LogP contribution is -2.37. The van der Waals surface area contributed by atoms with Crippen LogP contribution in [0.2, 0.25) is 0 Å². The summed E-state index contributed by atoms with van der Waals surface area (Å²) >= 11 is 2.50. The average Bonchev–Trinajstić information content (AvgIpc) is 2.77. The minimum atomic E-state index is 0.268. The molecular weight excluding hydrogens is 317 g/mol. The molecule has 16 heavy (non-hydrogen) atoms. The summed E-state index contributed by atoms with van der Waals surface area (Å²) in [6.45, 7) is 1.70. The Morgan fingerprint density at radius 3 is 2.50 bits per heavy atom. The van der Waals surface area contributed by atoms with Gasteiger partial charge in [0.1, 0.15) is 0 Å². The number of hydrogen-bond donors (Lipinski definition) is 0. The Morgan fingerprint density at radius 2 is 1.94 bits per heavy atom. The number of alkyl halides is 1. The van der Waals surface area contributed by atoms with Gasteiger partial charge in [-0.3, -0.25) is 4.79 Å². The molecule has 1 saturated carbocycles. The molecule has 0 aromatic heterocycles. The fourth-order valence-corrected chi connectivity index (χ4v) is 3.40. The summed E-state index contributed by atoms with van der Waals surface area (Å²) < 4.78 is 6.09. The summed E-state index contributed by atoms with van der Waals surface area (Å²) in [5.74, 6) is 0.671. The van der Waals surface area contributed by atoms with Crippen molar-refractivity contribution in [1.82, 2.24) is 4.90 Å². The molecule has 0 unspecified atom stereocenters. The van der Waals surface area contributed by atoms with Crippen LogP contribution in [0, 0.1) is 5.92 Å². The molecule has 0 bridgehead atoms. The molecule has 1 aliphatic carbocycles. The highest BCUT2D eigenvalue weighted by Crippen LogP contribution is 2.31. The molecular formula is C12H20INO2. The zero-order valence-corrected chi connectivity index (χ0v) is 12.0. The van der Waals surface area contributed by atoms with E-state index < -0.39 is 0 Å². The zero-order chi connectivity index (χ0) is 11.5. The maximum absolute atomic E-state index is 12.2. The van der Waals surface area contributed by atoms with Gasteiger partial charge in [0.2, 0.25) is 5.91 Å². The maximum atomic E-state index is 12.2. The maximum Gasteiger partial charge on any atom is 0.225 e. The Labute approximate surface area is 111 Å². The van der Waals surface area contributed by atoms with E-state index in [1.54, 1.807) is 7.11 Å². The Hall–Kier alpha value is 0.160. The van der Waals surface area contributed by atoms with Gasteiger partial charge in [0.25, 0.3) is 0 Å². The summed E-state index contributed by atoms with van der Waals surface area (Å²) in [5, 5.41) is 0. The van der Waals surface area contributed by atoms with Crippen LogP contribution in [0.1, 0.15) is 32.1 Å². The second-order valence-electron chi connectivity index (χ2n) is 4.88. The van der Waals surface area contributed by atoms with Crippen LogP contribution < -0.4 is 0 Å². The van der Waals surface area contributed by atoms with Crippen LogP contribution in [0.4, 0.5) is 0 Å². The molecule has 2 rings (SSSR count). The predicted octanol–water partition coefficient (Wildman–Crippen LogP) is 2.23. The number of rotatable bonds is 2. The molecule has 2 aliphatic rings. The van der Waals surface area contributed by atoms with Crippen molar-refractivity contribution in [2.75, 3.05) is 20.2 Å². The van der Waals surface area contributed by atoms with Crippen molar-refractivity contribution in [2.24, 2.45) is 5.92 Å². The highest BCUT2D eigenvalue weighted by atomic mass is 127. The largest absolute Gasteiger partial charge is 0.380 e. The zero-order valence-electron chi connectivity index (χ0n) is 9.82. The van der Waals surface area contributed by atoms with Crippen molar-refractivity contribution in [2.45, 2.75) is 42.1 Å². The van der Waals surface area contributed by atoms with Gasteiger partial charge in [-0.25, -0.2) is 0 Å². The fraction of sp³-hybridized carbons (Fsp3) is 0.917. The van der Waals surface area contributed by atoms with Crippen molar-refractivity contribution >= 4 is 28.5 Å². The van der Waals surface area contributed by atoms with E-state index in [0.717, 1.165) is 36.3 Å². The molecule has 0 N–H and O–H groups in total. The summed E-state index contributed by atoms with van der Waals surface area (Å²) in [5.41, 5.74) is 0. The molecule has 1 amide bonds. The average molecular weight is 337 g/mol. The van der Waals surface area contributed by atoms with E-state index in [0.29, 0.717) is 11.8 Å². The Balaban J connectivity index is 1.83. The smallest absolute Gasteiger partial charge is 0.225 e. The van der Waals surface area contributed by atoms with Crippen molar-refractivity contribution in [3.8, 4) is 0 Å². The van der Waals surface area contributed by atoms with Crippen LogP contribution in [-0.2, 0) is 9.53 Å². The number of methoxy groups -OCH3 is 1. The predicted molar refractivity (Wildman–Crippen MR) is 71.8 cm³/mol. The van der Waals surface area contributed by atoms with Crippen molar-refractivity contribution in [3.05, 3.63) is 0 Å². The summed E-state index contributed by atoms with van der Waals surface area (Å²) in [4.78, 5) is 14.2. The van der Waals surface area contributed by atoms with Gasteiger partial charge in [0.05, 0.1) is 6.10 Å². The van der Waals surface area contributed by atoms with E-state index in [-0.39, 0.29) is 6.10 Å². The number of carbonyl (C=O) groups excluding carboxylic acids is 1. The van der Waals surface area contributed by atoms with Gasteiger partial charge in [0, 0.05) is 30.0 Å². The van der Waals surface area contributed by atoms with Gasteiger partial charge in [-0.2, -0.15) is 0 Å². The number of halogens is 1. The van der Waals surface area contributed by atoms with Gasteiger partial charge in [-0.1, -0.05) is 22.6 Å². The molecule has 0 spiro atoms. The Morgan fingerprint density at radius 1 is 1.25 bits per heavy atom. The number of carbonyl (C=O) groups is 1. The summed E-state index contributed by atoms with van der Waals surface area (Å²) in [7, 11) is 1.74. The summed E-state index contributed by atoms with van der Waals surface area (Å²) in [6.07, 6.45) is 5.85. The first kappa shape index (κ1) is 12.6. The molecule has 3 nitrogen and oxygen atoms in total. The number of hydrogen-bond acceptors (Lipinski definition) is 2. The third kappa shape index (κ3) is 2.88. The van der Waals surface area contributed by atoms with Crippen LogP contribution in [-0.4, -0.2) is 41.0 Å². The lowest BCUT2D eigenvalue weighted by atomic mass is 9.88. The Kier molecular flexibility index (Phi) is 4.47. The van der Waals surface area contributed by atoms with Crippen LogP contribution in [0.5, 0.6) is 0 Å². The molecule has 4 heteroatoms. The number of likely N-dealkylation sites (tertiary alicyclic amines) is 1. The molecule has 0 aromatic rings. The molecule has 1 atom stereocenters. The van der Waals surface area contributed by atoms with E-state index >= 15 is 0 Å². The minimum Gasteiger partial charge on any atom is -0.380 e. The minimum absolute atomic E-state index is 0.268. The van der Waals surface area contributed by atoms with E-state index in [2.05, 4.69) is 22.6 Å².